The Balaban J connectivity index is 1.37. The Hall–Kier alpha value is -2.27. The van der Waals surface area contributed by atoms with Gasteiger partial charge < -0.3 is 9.80 Å². The molecule has 1 aliphatic heterocycles. The molecule has 0 bridgehead atoms. The van der Waals surface area contributed by atoms with Gasteiger partial charge in [-0.05, 0) is 62.1 Å². The Morgan fingerprint density at radius 1 is 1.15 bits per heavy atom. The van der Waals surface area contributed by atoms with Crippen LogP contribution in [-0.2, 0) is 17.8 Å². The third kappa shape index (κ3) is 5.63. The first-order valence-electron chi connectivity index (χ1n) is 9.46. The number of hydrogen-bond donors (Lipinski definition) is 0. The predicted molar refractivity (Wildman–Crippen MR) is 102 cm³/mol. The van der Waals surface area contributed by atoms with E-state index >= 15 is 0 Å². The van der Waals surface area contributed by atoms with E-state index in [2.05, 4.69) is 27.0 Å². The van der Waals surface area contributed by atoms with Crippen LogP contribution in [0.15, 0.2) is 48.9 Å². The highest BCUT2D eigenvalue weighted by molar-refractivity contribution is 5.76. The van der Waals surface area contributed by atoms with Crippen molar-refractivity contribution in [1.29, 1.82) is 0 Å². The monoisotopic (exact) mass is 352 g/mol. The van der Waals surface area contributed by atoms with Crippen molar-refractivity contribution < 1.29 is 4.79 Å². The van der Waals surface area contributed by atoms with Gasteiger partial charge >= 0.3 is 0 Å². The Morgan fingerprint density at radius 3 is 2.62 bits per heavy atom. The summed E-state index contributed by atoms with van der Waals surface area (Å²) in [4.78, 5) is 25.1. The van der Waals surface area contributed by atoms with E-state index in [0.29, 0.717) is 12.3 Å². The molecule has 5 nitrogen and oxygen atoms in total. The summed E-state index contributed by atoms with van der Waals surface area (Å²) >= 11 is 0. The molecule has 26 heavy (non-hydrogen) atoms. The van der Waals surface area contributed by atoms with Crippen LogP contribution >= 0.6 is 0 Å². The molecule has 3 rings (SSSR count). The first-order chi connectivity index (χ1) is 12.7. The molecule has 0 N–H and O–H groups in total. The lowest BCUT2D eigenvalue weighted by atomic mass is 9.90. The summed E-state index contributed by atoms with van der Waals surface area (Å²) in [5.41, 5.74) is 2.39. The van der Waals surface area contributed by atoms with Crippen LogP contribution in [-0.4, -0.2) is 52.4 Å². The zero-order valence-electron chi connectivity index (χ0n) is 15.6. The normalized spacial score (nSPS) is 15.4. The number of nitrogens with zero attached hydrogens (tertiary/aromatic N) is 4. The summed E-state index contributed by atoms with van der Waals surface area (Å²) in [6, 6.07) is 10.1. The van der Waals surface area contributed by atoms with Gasteiger partial charge in [0.15, 0.2) is 0 Å². The third-order valence-electron chi connectivity index (χ3n) is 5.11. The number of aromatic nitrogens is 2. The van der Waals surface area contributed by atoms with E-state index in [-0.39, 0.29) is 5.91 Å². The SMILES string of the molecule is CN(CCC(=O)N1CCC(Cc2ccncc2)CC1)Cc1ccccn1. The van der Waals surface area contributed by atoms with Crippen LogP contribution < -0.4 is 0 Å². The number of amides is 1. The molecule has 3 heterocycles. The van der Waals surface area contributed by atoms with Gasteiger partial charge in [-0.1, -0.05) is 6.07 Å². The van der Waals surface area contributed by atoms with Crippen molar-refractivity contribution in [2.75, 3.05) is 26.7 Å². The maximum absolute atomic E-state index is 12.5. The molecule has 0 saturated carbocycles. The lowest BCUT2D eigenvalue weighted by molar-refractivity contribution is -0.132. The van der Waals surface area contributed by atoms with Crippen LogP contribution in [0.2, 0.25) is 0 Å². The Kier molecular flexibility index (Phi) is 6.72. The molecule has 0 aliphatic carbocycles. The van der Waals surface area contributed by atoms with Crippen molar-refractivity contribution >= 4 is 5.91 Å². The second-order valence-corrected chi connectivity index (χ2v) is 7.19. The second-order valence-electron chi connectivity index (χ2n) is 7.19. The van der Waals surface area contributed by atoms with Crippen LogP contribution in [0, 0.1) is 5.92 Å². The van der Waals surface area contributed by atoms with E-state index in [1.807, 2.05) is 48.7 Å². The highest BCUT2D eigenvalue weighted by atomic mass is 16.2. The number of rotatable bonds is 7. The Bertz CT molecular complexity index is 669. The molecule has 1 aliphatic rings. The van der Waals surface area contributed by atoms with Crippen LogP contribution in [0.4, 0.5) is 0 Å². The fourth-order valence-corrected chi connectivity index (χ4v) is 3.53. The summed E-state index contributed by atoms with van der Waals surface area (Å²) in [5.74, 6) is 0.952. The minimum atomic E-state index is 0.278. The van der Waals surface area contributed by atoms with Gasteiger partial charge in [0.2, 0.25) is 5.91 Å². The minimum Gasteiger partial charge on any atom is -0.343 e. The molecule has 0 radical (unpaired) electrons. The third-order valence-corrected chi connectivity index (χ3v) is 5.11. The molecule has 0 aromatic carbocycles. The fourth-order valence-electron chi connectivity index (χ4n) is 3.53. The first-order valence-corrected chi connectivity index (χ1v) is 9.46. The van der Waals surface area contributed by atoms with Crippen molar-refractivity contribution in [2.24, 2.45) is 5.92 Å². The highest BCUT2D eigenvalue weighted by Crippen LogP contribution is 2.22. The fraction of sp³-hybridized carbons (Fsp3) is 0.476. The van der Waals surface area contributed by atoms with Crippen LogP contribution in [0.3, 0.4) is 0 Å². The van der Waals surface area contributed by atoms with E-state index in [4.69, 9.17) is 0 Å². The molecule has 1 fully saturated rings. The number of hydrogen-bond acceptors (Lipinski definition) is 4. The van der Waals surface area contributed by atoms with Crippen LogP contribution in [0.25, 0.3) is 0 Å². The summed E-state index contributed by atoms with van der Waals surface area (Å²) in [7, 11) is 2.04. The molecule has 1 saturated heterocycles. The van der Waals surface area contributed by atoms with Gasteiger partial charge in [-0.2, -0.15) is 0 Å². The first kappa shape index (κ1) is 18.5. The quantitative estimate of drug-likeness (QED) is 0.769. The smallest absolute Gasteiger partial charge is 0.223 e. The minimum absolute atomic E-state index is 0.278. The van der Waals surface area contributed by atoms with Gasteiger partial charge in [0.1, 0.15) is 0 Å². The van der Waals surface area contributed by atoms with E-state index in [1.54, 1.807) is 0 Å². The highest BCUT2D eigenvalue weighted by Gasteiger charge is 2.22. The lowest BCUT2D eigenvalue weighted by Gasteiger charge is -2.32. The van der Waals surface area contributed by atoms with Crippen LogP contribution in [0.1, 0.15) is 30.5 Å². The molecule has 0 unspecified atom stereocenters. The van der Waals surface area contributed by atoms with Gasteiger partial charge in [-0.15, -0.1) is 0 Å². The molecule has 2 aromatic rings. The van der Waals surface area contributed by atoms with Crippen molar-refractivity contribution in [2.45, 2.75) is 32.2 Å². The Labute approximate surface area is 156 Å². The standard InChI is InChI=1S/C21H28N4O/c1-24(17-20-4-2-3-10-23-20)13-9-21(26)25-14-7-19(8-15-25)16-18-5-11-22-12-6-18/h2-6,10-12,19H,7-9,13-17H2,1H3. The van der Waals surface area contributed by atoms with Gasteiger partial charge in [-0.25, -0.2) is 0 Å². The number of carbonyl (C=O) groups excluding carboxylic acids is 1. The number of likely N-dealkylation sites (tertiary alicyclic amines) is 1. The second kappa shape index (κ2) is 9.43. The summed E-state index contributed by atoms with van der Waals surface area (Å²) in [5, 5.41) is 0. The molecular weight excluding hydrogens is 324 g/mol. The molecule has 0 atom stereocenters. The molecule has 138 valence electrons. The van der Waals surface area contributed by atoms with E-state index in [9.17, 15) is 4.79 Å². The number of pyridine rings is 2. The topological polar surface area (TPSA) is 49.3 Å². The summed E-state index contributed by atoms with van der Waals surface area (Å²) in [6.45, 7) is 3.32. The van der Waals surface area contributed by atoms with Crippen LogP contribution in [0.5, 0.6) is 0 Å². The molecule has 5 heteroatoms. The summed E-state index contributed by atoms with van der Waals surface area (Å²) in [6.07, 6.45) is 9.39. The molecule has 1 amide bonds. The maximum Gasteiger partial charge on any atom is 0.223 e. The predicted octanol–water partition coefficient (Wildman–Crippen LogP) is 2.78. The number of piperidine rings is 1. The molecular formula is C21H28N4O. The zero-order valence-corrected chi connectivity index (χ0v) is 15.6. The maximum atomic E-state index is 12.5. The Morgan fingerprint density at radius 2 is 1.92 bits per heavy atom. The largest absolute Gasteiger partial charge is 0.343 e. The van der Waals surface area contributed by atoms with E-state index < -0.39 is 0 Å². The van der Waals surface area contributed by atoms with Crippen molar-refractivity contribution in [3.8, 4) is 0 Å². The van der Waals surface area contributed by atoms with Gasteiger partial charge in [0.05, 0.1) is 5.69 Å². The summed E-state index contributed by atoms with van der Waals surface area (Å²) < 4.78 is 0. The van der Waals surface area contributed by atoms with Gasteiger partial charge in [-0.3, -0.25) is 14.8 Å². The van der Waals surface area contributed by atoms with E-state index in [1.165, 1.54) is 5.56 Å². The van der Waals surface area contributed by atoms with E-state index in [0.717, 1.165) is 51.1 Å². The van der Waals surface area contributed by atoms with Crippen molar-refractivity contribution in [3.05, 3.63) is 60.2 Å². The van der Waals surface area contributed by atoms with Crippen molar-refractivity contribution in [3.63, 3.8) is 0 Å². The molecule has 0 spiro atoms. The van der Waals surface area contributed by atoms with Gasteiger partial charge in [0, 0.05) is 51.2 Å². The van der Waals surface area contributed by atoms with Crippen molar-refractivity contribution in [1.82, 2.24) is 19.8 Å². The average molecular weight is 352 g/mol. The number of carbonyl (C=O) groups is 1. The zero-order chi connectivity index (χ0) is 18.2. The lowest BCUT2D eigenvalue weighted by Crippen LogP contribution is -2.40. The van der Waals surface area contributed by atoms with Gasteiger partial charge in [0.25, 0.3) is 0 Å². The molecule has 2 aromatic heterocycles. The average Bonchev–Trinajstić information content (AvgIpc) is 2.68.